The fourth-order valence-corrected chi connectivity index (χ4v) is 2.51. The van der Waals surface area contributed by atoms with Crippen LogP contribution in [-0.2, 0) is 13.0 Å². The SMILES string of the molecule is Cc1ccc(CN(C)C(=O)c2csc(CCN)n2)o1.Cl. The van der Waals surface area contributed by atoms with Crippen LogP contribution < -0.4 is 5.73 Å². The molecule has 0 saturated carbocycles. The van der Waals surface area contributed by atoms with Crippen LogP contribution in [0.5, 0.6) is 0 Å². The van der Waals surface area contributed by atoms with Crippen molar-refractivity contribution >= 4 is 29.7 Å². The largest absolute Gasteiger partial charge is 0.464 e. The van der Waals surface area contributed by atoms with Gasteiger partial charge in [0.25, 0.3) is 5.91 Å². The van der Waals surface area contributed by atoms with Crippen molar-refractivity contribution in [3.8, 4) is 0 Å². The van der Waals surface area contributed by atoms with Crippen molar-refractivity contribution < 1.29 is 9.21 Å². The Morgan fingerprint density at radius 1 is 1.50 bits per heavy atom. The molecule has 0 aliphatic carbocycles. The molecule has 2 aromatic rings. The minimum atomic E-state index is -0.103. The Bertz CT molecular complexity index is 567. The lowest BCUT2D eigenvalue weighted by atomic mass is 10.3. The van der Waals surface area contributed by atoms with Crippen LogP contribution in [0, 0.1) is 6.92 Å². The fraction of sp³-hybridized carbons (Fsp3) is 0.385. The number of rotatable bonds is 5. The minimum Gasteiger partial charge on any atom is -0.464 e. The second kappa shape index (κ2) is 7.42. The van der Waals surface area contributed by atoms with Crippen LogP contribution in [0.4, 0.5) is 0 Å². The summed E-state index contributed by atoms with van der Waals surface area (Å²) in [6.45, 7) is 2.87. The van der Waals surface area contributed by atoms with Crippen molar-refractivity contribution in [2.75, 3.05) is 13.6 Å². The number of carbonyl (C=O) groups is 1. The first-order chi connectivity index (χ1) is 9.10. The number of hydrogen-bond acceptors (Lipinski definition) is 5. The molecule has 0 aliphatic heterocycles. The van der Waals surface area contributed by atoms with Crippen molar-refractivity contribution in [1.82, 2.24) is 9.88 Å². The van der Waals surface area contributed by atoms with Crippen LogP contribution in [0.1, 0.15) is 27.0 Å². The third kappa shape index (κ3) is 4.06. The zero-order valence-corrected chi connectivity index (χ0v) is 13.1. The smallest absolute Gasteiger partial charge is 0.273 e. The molecule has 0 atom stereocenters. The number of amides is 1. The minimum absolute atomic E-state index is 0. The number of nitrogens with zero attached hydrogens (tertiary/aromatic N) is 2. The van der Waals surface area contributed by atoms with Gasteiger partial charge in [-0.15, -0.1) is 23.7 Å². The van der Waals surface area contributed by atoms with Gasteiger partial charge in [0, 0.05) is 18.8 Å². The maximum atomic E-state index is 12.2. The zero-order valence-electron chi connectivity index (χ0n) is 11.5. The van der Waals surface area contributed by atoms with E-state index in [1.54, 1.807) is 17.3 Å². The molecule has 2 aromatic heterocycles. The molecule has 0 aliphatic rings. The second-order valence-electron chi connectivity index (χ2n) is 4.34. The molecule has 0 spiro atoms. The summed E-state index contributed by atoms with van der Waals surface area (Å²) < 4.78 is 5.46. The van der Waals surface area contributed by atoms with E-state index in [4.69, 9.17) is 10.2 Å². The van der Waals surface area contributed by atoms with E-state index < -0.39 is 0 Å². The van der Waals surface area contributed by atoms with E-state index in [1.165, 1.54) is 11.3 Å². The molecule has 0 aromatic carbocycles. The van der Waals surface area contributed by atoms with Gasteiger partial charge in [0.05, 0.1) is 11.6 Å². The molecule has 110 valence electrons. The first-order valence-corrected chi connectivity index (χ1v) is 6.93. The summed E-state index contributed by atoms with van der Waals surface area (Å²) in [4.78, 5) is 18.1. The summed E-state index contributed by atoms with van der Waals surface area (Å²) in [5.74, 6) is 1.51. The van der Waals surface area contributed by atoms with Crippen molar-refractivity contribution in [1.29, 1.82) is 0 Å². The predicted molar refractivity (Wildman–Crippen MR) is 81.4 cm³/mol. The fourth-order valence-electron chi connectivity index (χ4n) is 1.72. The Balaban J connectivity index is 0.00000200. The van der Waals surface area contributed by atoms with E-state index in [1.807, 2.05) is 19.1 Å². The summed E-state index contributed by atoms with van der Waals surface area (Å²) in [6.07, 6.45) is 0.707. The average Bonchev–Trinajstić information content (AvgIpc) is 2.98. The first kappa shape index (κ1) is 16.7. The normalized spacial score (nSPS) is 10.2. The molecule has 0 saturated heterocycles. The third-order valence-electron chi connectivity index (χ3n) is 2.66. The van der Waals surface area contributed by atoms with Crippen LogP contribution in [0.2, 0.25) is 0 Å². The summed E-state index contributed by atoms with van der Waals surface area (Å²) in [6, 6.07) is 3.76. The van der Waals surface area contributed by atoms with E-state index in [-0.39, 0.29) is 18.3 Å². The summed E-state index contributed by atoms with van der Waals surface area (Å²) >= 11 is 1.47. The maximum Gasteiger partial charge on any atom is 0.273 e. The van der Waals surface area contributed by atoms with Crippen molar-refractivity contribution in [2.45, 2.75) is 19.9 Å². The Labute approximate surface area is 128 Å². The van der Waals surface area contributed by atoms with E-state index in [2.05, 4.69) is 4.98 Å². The second-order valence-corrected chi connectivity index (χ2v) is 5.28. The van der Waals surface area contributed by atoms with Gasteiger partial charge in [-0.1, -0.05) is 0 Å². The molecule has 0 bridgehead atoms. The molecule has 7 heteroatoms. The van der Waals surface area contributed by atoms with Crippen LogP contribution in [0.15, 0.2) is 21.9 Å². The van der Waals surface area contributed by atoms with Crippen molar-refractivity contribution in [2.24, 2.45) is 5.73 Å². The molecule has 2 N–H and O–H groups in total. The predicted octanol–water partition coefficient (Wildman–Crippen LogP) is 2.24. The molecule has 0 radical (unpaired) electrons. The quantitative estimate of drug-likeness (QED) is 0.918. The lowest BCUT2D eigenvalue weighted by Crippen LogP contribution is -2.26. The van der Waals surface area contributed by atoms with E-state index in [9.17, 15) is 4.79 Å². The summed E-state index contributed by atoms with van der Waals surface area (Å²) in [7, 11) is 1.74. The van der Waals surface area contributed by atoms with Crippen LogP contribution in [0.25, 0.3) is 0 Å². The van der Waals surface area contributed by atoms with Crippen LogP contribution in [-0.4, -0.2) is 29.4 Å². The molecule has 2 rings (SSSR count). The number of aromatic nitrogens is 1. The number of hydrogen-bond donors (Lipinski definition) is 1. The number of furan rings is 1. The number of thiazole rings is 1. The summed E-state index contributed by atoms with van der Waals surface area (Å²) in [5.41, 5.74) is 5.94. The van der Waals surface area contributed by atoms with E-state index in [0.29, 0.717) is 25.2 Å². The van der Waals surface area contributed by atoms with Crippen LogP contribution in [0.3, 0.4) is 0 Å². The Morgan fingerprint density at radius 2 is 2.25 bits per heavy atom. The molecular weight excluding hydrogens is 298 g/mol. The van der Waals surface area contributed by atoms with Gasteiger partial charge in [0.1, 0.15) is 17.2 Å². The lowest BCUT2D eigenvalue weighted by Gasteiger charge is -2.13. The Kier molecular flexibility index (Phi) is 6.19. The third-order valence-corrected chi connectivity index (χ3v) is 3.57. The molecule has 20 heavy (non-hydrogen) atoms. The highest BCUT2D eigenvalue weighted by Gasteiger charge is 2.16. The van der Waals surface area contributed by atoms with Gasteiger partial charge in [-0.3, -0.25) is 4.79 Å². The number of nitrogens with two attached hydrogens (primary N) is 1. The maximum absolute atomic E-state index is 12.2. The molecule has 0 fully saturated rings. The number of aryl methyl sites for hydroxylation is 1. The van der Waals surface area contributed by atoms with Gasteiger partial charge in [-0.25, -0.2) is 4.98 Å². The molecule has 1 amide bonds. The average molecular weight is 316 g/mol. The summed E-state index contributed by atoms with van der Waals surface area (Å²) in [5, 5.41) is 2.67. The molecule has 2 heterocycles. The first-order valence-electron chi connectivity index (χ1n) is 6.05. The highest BCUT2D eigenvalue weighted by Crippen LogP contribution is 2.14. The molecule has 0 unspecified atom stereocenters. The van der Waals surface area contributed by atoms with E-state index in [0.717, 1.165) is 16.5 Å². The van der Waals surface area contributed by atoms with Crippen molar-refractivity contribution in [3.63, 3.8) is 0 Å². The van der Waals surface area contributed by atoms with Gasteiger partial charge >= 0.3 is 0 Å². The van der Waals surface area contributed by atoms with Gasteiger partial charge < -0.3 is 15.1 Å². The monoisotopic (exact) mass is 315 g/mol. The van der Waals surface area contributed by atoms with Gasteiger partial charge in [0.2, 0.25) is 0 Å². The lowest BCUT2D eigenvalue weighted by molar-refractivity contribution is 0.0770. The number of carbonyl (C=O) groups excluding carboxylic acids is 1. The van der Waals surface area contributed by atoms with E-state index >= 15 is 0 Å². The zero-order chi connectivity index (χ0) is 13.8. The van der Waals surface area contributed by atoms with Gasteiger partial charge in [0.15, 0.2) is 0 Å². The highest BCUT2D eigenvalue weighted by molar-refractivity contribution is 7.09. The molecule has 5 nitrogen and oxygen atoms in total. The Morgan fingerprint density at radius 3 is 2.85 bits per heavy atom. The van der Waals surface area contributed by atoms with Crippen molar-refractivity contribution in [3.05, 3.63) is 39.7 Å². The standard InChI is InChI=1S/C13H17N3O2S.ClH/c1-9-3-4-10(18-9)7-16(2)13(17)11-8-19-12(15-11)5-6-14;/h3-4,8H,5-7,14H2,1-2H3;1H. The number of halogens is 1. The topological polar surface area (TPSA) is 72.4 Å². The highest BCUT2D eigenvalue weighted by atomic mass is 35.5. The van der Waals surface area contributed by atoms with Gasteiger partial charge in [-0.2, -0.15) is 0 Å². The molecular formula is C13H18ClN3O2S. The van der Waals surface area contributed by atoms with Gasteiger partial charge in [-0.05, 0) is 25.6 Å². The van der Waals surface area contributed by atoms with Crippen LogP contribution >= 0.6 is 23.7 Å². The Hall–Kier alpha value is -1.37.